The van der Waals surface area contributed by atoms with Gasteiger partial charge < -0.3 is 20.1 Å². The summed E-state index contributed by atoms with van der Waals surface area (Å²) in [6.45, 7) is 0.967. The number of nitrogens with one attached hydrogen (secondary N) is 2. The summed E-state index contributed by atoms with van der Waals surface area (Å²) in [7, 11) is 5.35. The quantitative estimate of drug-likeness (QED) is 0.834. The highest BCUT2D eigenvalue weighted by molar-refractivity contribution is 5.66. The lowest BCUT2D eigenvalue weighted by Gasteiger charge is -2.28. The summed E-state index contributed by atoms with van der Waals surface area (Å²) >= 11 is 0. The molecule has 1 aromatic rings. The van der Waals surface area contributed by atoms with Crippen molar-refractivity contribution < 1.29 is 9.47 Å². The molecule has 0 amide bonds. The molecular weight excluding hydrogens is 216 g/mol. The average Bonchev–Trinajstić information content (AvgIpc) is 2.37. The molecule has 94 valence electrons. The minimum Gasteiger partial charge on any atom is -0.497 e. The number of methoxy groups -OCH3 is 2. The minimum absolute atomic E-state index is 0.467. The molecule has 2 N–H and O–H groups in total. The van der Waals surface area contributed by atoms with Crippen molar-refractivity contribution in [1.82, 2.24) is 5.32 Å². The first-order valence-electron chi connectivity index (χ1n) is 5.94. The summed E-state index contributed by atoms with van der Waals surface area (Å²) in [5, 5.41) is 6.73. The zero-order valence-electron chi connectivity index (χ0n) is 10.7. The van der Waals surface area contributed by atoms with Crippen molar-refractivity contribution in [2.24, 2.45) is 0 Å². The van der Waals surface area contributed by atoms with E-state index in [-0.39, 0.29) is 0 Å². The monoisotopic (exact) mass is 236 g/mol. The van der Waals surface area contributed by atoms with Gasteiger partial charge in [-0.25, -0.2) is 0 Å². The van der Waals surface area contributed by atoms with E-state index in [1.54, 1.807) is 14.2 Å². The van der Waals surface area contributed by atoms with E-state index in [1.165, 1.54) is 5.56 Å². The van der Waals surface area contributed by atoms with Gasteiger partial charge in [-0.15, -0.1) is 0 Å². The smallest absolute Gasteiger partial charge is 0.145 e. The molecule has 4 heteroatoms. The summed E-state index contributed by atoms with van der Waals surface area (Å²) < 4.78 is 10.7. The van der Waals surface area contributed by atoms with Crippen molar-refractivity contribution >= 4 is 5.69 Å². The Hall–Kier alpha value is -1.42. The summed E-state index contributed by atoms with van der Waals surface area (Å²) in [6, 6.07) is 4.48. The molecule has 0 saturated heterocycles. The van der Waals surface area contributed by atoms with Gasteiger partial charge in [0.1, 0.15) is 11.5 Å². The molecule has 1 aliphatic rings. The maximum atomic E-state index is 5.42. The molecule has 1 heterocycles. The van der Waals surface area contributed by atoms with E-state index in [4.69, 9.17) is 9.47 Å². The number of anilines is 1. The predicted octanol–water partition coefficient (Wildman–Crippen LogP) is 1.65. The molecule has 0 fully saturated rings. The van der Waals surface area contributed by atoms with Gasteiger partial charge in [0.05, 0.1) is 19.9 Å². The van der Waals surface area contributed by atoms with Crippen LogP contribution >= 0.6 is 0 Å². The van der Waals surface area contributed by atoms with Gasteiger partial charge in [-0.2, -0.15) is 0 Å². The number of rotatable bonds is 4. The summed E-state index contributed by atoms with van der Waals surface area (Å²) in [5.41, 5.74) is 2.38. The second-order valence-corrected chi connectivity index (χ2v) is 4.30. The lowest BCUT2D eigenvalue weighted by atomic mass is 9.97. The Morgan fingerprint density at radius 1 is 1.35 bits per heavy atom. The van der Waals surface area contributed by atoms with Crippen LogP contribution in [-0.2, 0) is 6.42 Å². The molecule has 1 atom stereocenters. The van der Waals surface area contributed by atoms with Gasteiger partial charge in [-0.05, 0) is 31.5 Å². The fourth-order valence-corrected chi connectivity index (χ4v) is 2.29. The van der Waals surface area contributed by atoms with Crippen LogP contribution in [0.25, 0.3) is 0 Å². The van der Waals surface area contributed by atoms with Crippen LogP contribution in [0.5, 0.6) is 11.5 Å². The highest BCUT2D eigenvalue weighted by Crippen LogP contribution is 2.37. The number of aryl methyl sites for hydroxylation is 1. The van der Waals surface area contributed by atoms with Crippen LogP contribution < -0.4 is 20.1 Å². The molecule has 0 spiro atoms. The number of hydrogen-bond donors (Lipinski definition) is 2. The first-order valence-corrected chi connectivity index (χ1v) is 5.94. The molecule has 0 aliphatic carbocycles. The molecule has 1 aromatic carbocycles. The third kappa shape index (κ3) is 2.47. The third-order valence-electron chi connectivity index (χ3n) is 3.17. The van der Waals surface area contributed by atoms with Crippen molar-refractivity contribution in [2.75, 3.05) is 33.1 Å². The lowest BCUT2D eigenvalue weighted by Crippen LogP contribution is -2.34. The lowest BCUT2D eigenvalue weighted by molar-refractivity contribution is 0.392. The Bertz CT molecular complexity index is 376. The van der Waals surface area contributed by atoms with Crippen LogP contribution in [0.15, 0.2) is 12.1 Å². The van der Waals surface area contributed by atoms with Crippen LogP contribution in [0.3, 0.4) is 0 Å². The molecule has 1 unspecified atom stereocenters. The molecule has 0 bridgehead atoms. The molecule has 17 heavy (non-hydrogen) atoms. The van der Waals surface area contributed by atoms with E-state index in [2.05, 4.69) is 16.7 Å². The highest BCUT2D eigenvalue weighted by atomic mass is 16.5. The Morgan fingerprint density at radius 2 is 2.18 bits per heavy atom. The third-order valence-corrected chi connectivity index (χ3v) is 3.17. The van der Waals surface area contributed by atoms with Gasteiger partial charge in [0.25, 0.3) is 0 Å². The standard InChI is InChI=1S/C13H20N2O2/c1-14-8-10-5-4-9-6-11(16-2)7-12(17-3)13(9)15-10/h6-7,10,14-15H,4-5,8H2,1-3H3. The first kappa shape index (κ1) is 12.0. The van der Waals surface area contributed by atoms with Gasteiger partial charge in [0.2, 0.25) is 0 Å². The zero-order chi connectivity index (χ0) is 12.3. The van der Waals surface area contributed by atoms with Gasteiger partial charge in [0, 0.05) is 18.7 Å². The van der Waals surface area contributed by atoms with Crippen LogP contribution in [0, 0.1) is 0 Å². The predicted molar refractivity (Wildman–Crippen MR) is 69.2 cm³/mol. The van der Waals surface area contributed by atoms with E-state index in [1.807, 2.05) is 13.1 Å². The van der Waals surface area contributed by atoms with E-state index < -0.39 is 0 Å². The largest absolute Gasteiger partial charge is 0.497 e. The Morgan fingerprint density at radius 3 is 2.82 bits per heavy atom. The number of ether oxygens (including phenoxy) is 2. The van der Waals surface area contributed by atoms with Crippen molar-refractivity contribution in [3.8, 4) is 11.5 Å². The highest BCUT2D eigenvalue weighted by Gasteiger charge is 2.21. The second-order valence-electron chi connectivity index (χ2n) is 4.30. The second kappa shape index (κ2) is 5.27. The van der Waals surface area contributed by atoms with Crippen LogP contribution in [0.4, 0.5) is 5.69 Å². The first-order chi connectivity index (χ1) is 8.28. The molecule has 2 rings (SSSR count). The fraction of sp³-hybridized carbons (Fsp3) is 0.538. The van der Waals surface area contributed by atoms with Crippen molar-refractivity contribution in [3.63, 3.8) is 0 Å². The van der Waals surface area contributed by atoms with Gasteiger partial charge in [-0.1, -0.05) is 0 Å². The molecule has 0 saturated carbocycles. The van der Waals surface area contributed by atoms with Gasteiger partial charge >= 0.3 is 0 Å². The van der Waals surface area contributed by atoms with Crippen molar-refractivity contribution in [2.45, 2.75) is 18.9 Å². The molecular formula is C13H20N2O2. The topological polar surface area (TPSA) is 42.5 Å². The van der Waals surface area contributed by atoms with Crippen LogP contribution in [-0.4, -0.2) is 33.9 Å². The number of benzene rings is 1. The number of hydrogen-bond acceptors (Lipinski definition) is 4. The number of fused-ring (bicyclic) bond motifs is 1. The Kier molecular flexibility index (Phi) is 3.74. The van der Waals surface area contributed by atoms with Crippen molar-refractivity contribution in [3.05, 3.63) is 17.7 Å². The maximum absolute atomic E-state index is 5.42. The molecule has 4 nitrogen and oxygen atoms in total. The summed E-state index contributed by atoms with van der Waals surface area (Å²) in [5.74, 6) is 1.72. The molecule has 0 aromatic heterocycles. The number of likely N-dealkylation sites (N-methyl/N-ethyl adjacent to an activating group) is 1. The maximum Gasteiger partial charge on any atom is 0.145 e. The van der Waals surface area contributed by atoms with Crippen LogP contribution in [0.2, 0.25) is 0 Å². The Labute approximate surface area is 102 Å². The van der Waals surface area contributed by atoms with Crippen LogP contribution in [0.1, 0.15) is 12.0 Å². The Balaban J connectivity index is 2.29. The van der Waals surface area contributed by atoms with E-state index in [9.17, 15) is 0 Å². The SMILES string of the molecule is CNCC1CCc2cc(OC)cc(OC)c2N1. The van der Waals surface area contributed by atoms with E-state index in [0.717, 1.165) is 36.6 Å². The van der Waals surface area contributed by atoms with E-state index >= 15 is 0 Å². The average molecular weight is 236 g/mol. The zero-order valence-corrected chi connectivity index (χ0v) is 10.7. The minimum atomic E-state index is 0.467. The van der Waals surface area contributed by atoms with Gasteiger partial charge in [-0.3, -0.25) is 0 Å². The summed E-state index contributed by atoms with van der Waals surface area (Å²) in [4.78, 5) is 0. The molecule has 1 aliphatic heterocycles. The van der Waals surface area contributed by atoms with Crippen molar-refractivity contribution in [1.29, 1.82) is 0 Å². The fourth-order valence-electron chi connectivity index (χ4n) is 2.29. The molecule has 0 radical (unpaired) electrons. The summed E-state index contributed by atoms with van der Waals surface area (Å²) in [6.07, 6.45) is 2.19. The van der Waals surface area contributed by atoms with E-state index in [0.29, 0.717) is 6.04 Å². The normalized spacial score (nSPS) is 18.2. The van der Waals surface area contributed by atoms with Gasteiger partial charge in [0.15, 0.2) is 0 Å².